The molecule has 0 radical (unpaired) electrons. The maximum Gasteiger partial charge on any atom is 0.143 e. The summed E-state index contributed by atoms with van der Waals surface area (Å²) in [7, 11) is 0. The van der Waals surface area contributed by atoms with Crippen LogP contribution in [0.25, 0.3) is 11.1 Å². The largest absolute Gasteiger partial charge is 0.489 e. The molecule has 2 aliphatic rings. The molecule has 2 atom stereocenters. The number of rotatable bonds is 9. The summed E-state index contributed by atoms with van der Waals surface area (Å²) in [6.07, 6.45) is 11.6. The first-order valence-electron chi connectivity index (χ1n) is 16.9. The van der Waals surface area contributed by atoms with Crippen LogP contribution in [0.5, 0.6) is 0 Å². The highest BCUT2D eigenvalue weighted by atomic mass is 16.5. The van der Waals surface area contributed by atoms with Gasteiger partial charge in [-0.1, -0.05) is 121 Å². The van der Waals surface area contributed by atoms with Crippen molar-refractivity contribution in [3.05, 3.63) is 229 Å². The van der Waals surface area contributed by atoms with Gasteiger partial charge in [-0.3, -0.25) is 0 Å². The van der Waals surface area contributed by atoms with Gasteiger partial charge in [-0.05, 0) is 95.1 Å². The smallest absolute Gasteiger partial charge is 0.143 e. The molecule has 0 saturated heterocycles. The van der Waals surface area contributed by atoms with E-state index < -0.39 is 0 Å². The lowest BCUT2D eigenvalue weighted by molar-refractivity contribution is 0.184. The molecular formula is C46H36N2O2. The lowest BCUT2D eigenvalue weighted by atomic mass is 9.98. The number of benzene rings is 6. The lowest BCUT2D eigenvalue weighted by Crippen LogP contribution is -2.18. The molecule has 8 rings (SSSR count). The van der Waals surface area contributed by atoms with Gasteiger partial charge in [0, 0.05) is 34.1 Å². The Kier molecular flexibility index (Phi) is 8.81. The van der Waals surface area contributed by atoms with Crippen LogP contribution in [0.3, 0.4) is 0 Å². The summed E-state index contributed by atoms with van der Waals surface area (Å²) in [6.45, 7) is 0. The van der Waals surface area contributed by atoms with Gasteiger partial charge in [0.1, 0.15) is 12.2 Å². The van der Waals surface area contributed by atoms with Crippen LogP contribution in [0, 0.1) is 0 Å². The maximum absolute atomic E-state index is 6.11. The van der Waals surface area contributed by atoms with E-state index in [-0.39, 0.29) is 12.2 Å². The van der Waals surface area contributed by atoms with E-state index in [4.69, 9.17) is 9.47 Å². The third kappa shape index (κ3) is 6.60. The van der Waals surface area contributed by atoms with Gasteiger partial charge < -0.3 is 19.3 Å². The highest BCUT2D eigenvalue weighted by Gasteiger charge is 2.21. The first-order valence-corrected chi connectivity index (χ1v) is 16.9. The quantitative estimate of drug-likeness (QED) is 0.156. The zero-order valence-electron chi connectivity index (χ0n) is 27.5. The Balaban J connectivity index is 1.01. The van der Waals surface area contributed by atoms with Crippen molar-refractivity contribution in [2.45, 2.75) is 12.2 Å². The molecule has 2 heterocycles. The van der Waals surface area contributed by atoms with Crippen LogP contribution in [0.4, 0.5) is 22.7 Å². The summed E-state index contributed by atoms with van der Waals surface area (Å²) >= 11 is 0. The van der Waals surface area contributed by atoms with E-state index >= 15 is 0 Å². The molecule has 6 aromatic rings. The van der Waals surface area contributed by atoms with Crippen LogP contribution in [0.1, 0.15) is 23.3 Å². The number of anilines is 4. The van der Waals surface area contributed by atoms with Crippen molar-refractivity contribution in [2.24, 2.45) is 0 Å². The van der Waals surface area contributed by atoms with Crippen LogP contribution >= 0.6 is 0 Å². The molecule has 0 saturated carbocycles. The van der Waals surface area contributed by atoms with E-state index in [2.05, 4.69) is 168 Å². The van der Waals surface area contributed by atoms with Gasteiger partial charge in [0.15, 0.2) is 0 Å². The van der Waals surface area contributed by atoms with Gasteiger partial charge in [-0.25, -0.2) is 0 Å². The molecule has 4 heteroatoms. The second-order valence-corrected chi connectivity index (χ2v) is 12.2. The van der Waals surface area contributed by atoms with Crippen LogP contribution in [0.15, 0.2) is 218 Å². The second-order valence-electron chi connectivity index (χ2n) is 12.2. The Labute approximate surface area is 293 Å². The minimum atomic E-state index is -0.204. The standard InChI is InChI=1S/C46H36N2O2/c1-5-13-39(14-6-1)47(40-15-7-2-8-16-40)43-29-31-49-45(33-43)37-25-21-35(22-26-37)36-23-27-38(28-24-36)46-34-44(30-32-50-46)48(41-17-9-3-10-18-41)42-19-11-4-12-20-42/h1-34,45-46H. The molecule has 4 nitrogen and oxygen atoms in total. The topological polar surface area (TPSA) is 24.9 Å². The van der Waals surface area contributed by atoms with Crippen molar-refractivity contribution in [1.82, 2.24) is 0 Å². The normalized spacial score (nSPS) is 16.4. The molecule has 0 amide bonds. The van der Waals surface area contributed by atoms with Gasteiger partial charge in [-0.15, -0.1) is 0 Å². The zero-order chi connectivity index (χ0) is 33.5. The van der Waals surface area contributed by atoms with Crippen molar-refractivity contribution in [3.63, 3.8) is 0 Å². The van der Waals surface area contributed by atoms with Crippen molar-refractivity contribution in [1.29, 1.82) is 0 Å². The van der Waals surface area contributed by atoms with E-state index in [1.165, 1.54) is 0 Å². The predicted molar refractivity (Wildman–Crippen MR) is 204 cm³/mol. The average molecular weight is 649 g/mol. The summed E-state index contributed by atoms with van der Waals surface area (Å²) in [5, 5.41) is 0. The highest BCUT2D eigenvalue weighted by Crippen LogP contribution is 2.37. The number of hydrogen-bond acceptors (Lipinski definition) is 4. The van der Waals surface area contributed by atoms with Gasteiger partial charge in [0.2, 0.25) is 0 Å². The van der Waals surface area contributed by atoms with E-state index in [1.54, 1.807) is 12.5 Å². The van der Waals surface area contributed by atoms with Gasteiger partial charge in [0.25, 0.3) is 0 Å². The number of para-hydroxylation sites is 4. The van der Waals surface area contributed by atoms with Crippen LogP contribution in [-0.4, -0.2) is 0 Å². The van der Waals surface area contributed by atoms with Crippen molar-refractivity contribution in [2.75, 3.05) is 9.80 Å². The third-order valence-corrected chi connectivity index (χ3v) is 8.96. The first kappa shape index (κ1) is 30.8. The predicted octanol–water partition coefficient (Wildman–Crippen LogP) is 12.0. The third-order valence-electron chi connectivity index (χ3n) is 8.96. The van der Waals surface area contributed by atoms with Crippen LogP contribution in [-0.2, 0) is 9.47 Å². The number of nitrogens with zero attached hydrogens (tertiary/aromatic N) is 2. The number of hydrogen-bond donors (Lipinski definition) is 0. The Morgan fingerprint density at radius 3 is 0.940 bits per heavy atom. The molecule has 6 aromatic carbocycles. The molecule has 50 heavy (non-hydrogen) atoms. The summed E-state index contributed by atoms with van der Waals surface area (Å²) in [5.74, 6) is 0. The molecule has 0 fully saturated rings. The molecule has 0 N–H and O–H groups in total. The fourth-order valence-corrected chi connectivity index (χ4v) is 6.47. The summed E-state index contributed by atoms with van der Waals surface area (Å²) in [5.41, 5.74) is 11.0. The average Bonchev–Trinajstić information content (AvgIpc) is 3.20. The SMILES string of the molecule is C1=CC(N(c2ccccc2)c2ccccc2)=CC(c2ccc(-c3ccc(C4C=C(N(c5ccccc5)c5ccccc5)C=CO4)cc3)cc2)O1. The van der Waals surface area contributed by atoms with E-state index in [1.807, 2.05) is 36.4 Å². The monoisotopic (exact) mass is 648 g/mol. The summed E-state index contributed by atoms with van der Waals surface area (Å²) in [4.78, 5) is 4.51. The zero-order valence-corrected chi connectivity index (χ0v) is 27.5. The Morgan fingerprint density at radius 2 is 0.640 bits per heavy atom. The van der Waals surface area contributed by atoms with Gasteiger partial charge >= 0.3 is 0 Å². The van der Waals surface area contributed by atoms with Crippen molar-refractivity contribution >= 4 is 22.7 Å². The minimum absolute atomic E-state index is 0.204. The van der Waals surface area contributed by atoms with Gasteiger partial charge in [0.05, 0.1) is 12.5 Å². The molecule has 242 valence electrons. The molecule has 0 aliphatic carbocycles. The van der Waals surface area contributed by atoms with E-state index in [0.29, 0.717) is 0 Å². The minimum Gasteiger partial charge on any atom is -0.489 e. The summed E-state index contributed by atoms with van der Waals surface area (Å²) < 4.78 is 12.2. The summed E-state index contributed by atoms with van der Waals surface area (Å²) in [6, 6.07) is 59.0. The Hall–Kier alpha value is -6.52. The lowest BCUT2D eigenvalue weighted by Gasteiger charge is -2.29. The molecule has 0 bridgehead atoms. The first-order chi connectivity index (χ1) is 24.8. The molecule has 2 unspecified atom stereocenters. The highest BCUT2D eigenvalue weighted by molar-refractivity contribution is 5.72. The maximum atomic E-state index is 6.11. The van der Waals surface area contributed by atoms with Crippen molar-refractivity contribution < 1.29 is 9.47 Å². The number of ether oxygens (including phenoxy) is 2. The molecule has 2 aliphatic heterocycles. The second kappa shape index (κ2) is 14.3. The van der Waals surface area contributed by atoms with Crippen molar-refractivity contribution in [3.8, 4) is 11.1 Å². The Morgan fingerprint density at radius 1 is 0.340 bits per heavy atom. The van der Waals surface area contributed by atoms with E-state index in [0.717, 1.165) is 56.4 Å². The molecule has 0 spiro atoms. The fraction of sp³-hybridized carbons (Fsp3) is 0.0435. The Bertz CT molecular complexity index is 1900. The van der Waals surface area contributed by atoms with Crippen LogP contribution < -0.4 is 9.80 Å². The van der Waals surface area contributed by atoms with E-state index in [9.17, 15) is 0 Å². The van der Waals surface area contributed by atoms with Crippen LogP contribution in [0.2, 0.25) is 0 Å². The molecular weight excluding hydrogens is 613 g/mol. The number of allylic oxidation sites excluding steroid dienone is 2. The molecule has 0 aromatic heterocycles. The fourth-order valence-electron chi connectivity index (χ4n) is 6.47. The van der Waals surface area contributed by atoms with Gasteiger partial charge in [-0.2, -0.15) is 0 Å².